The highest BCUT2D eigenvalue weighted by Gasteiger charge is 2.39. The molecule has 2 aromatic carbocycles. The Morgan fingerprint density at radius 1 is 0.957 bits per heavy atom. The Hall–Kier alpha value is -2.03. The van der Waals surface area contributed by atoms with E-state index in [2.05, 4.69) is 0 Å². The molecular formula is C20H19F3. The van der Waals surface area contributed by atoms with Gasteiger partial charge in [0.1, 0.15) is 0 Å². The monoisotopic (exact) mass is 316 g/mol. The van der Waals surface area contributed by atoms with Crippen molar-refractivity contribution in [2.75, 3.05) is 0 Å². The second-order valence-corrected chi connectivity index (χ2v) is 7.00. The van der Waals surface area contributed by atoms with Gasteiger partial charge in [-0.1, -0.05) is 69.3 Å². The summed E-state index contributed by atoms with van der Waals surface area (Å²) in [5.41, 5.74) is 2.31. The predicted octanol–water partition coefficient (Wildman–Crippen LogP) is 6.24. The highest BCUT2D eigenvalue weighted by molar-refractivity contribution is 5.74. The number of hydrogen-bond acceptors (Lipinski definition) is 0. The first-order valence-corrected chi connectivity index (χ1v) is 7.68. The molecule has 0 saturated carbocycles. The van der Waals surface area contributed by atoms with Crippen LogP contribution in [0.3, 0.4) is 0 Å². The summed E-state index contributed by atoms with van der Waals surface area (Å²) in [5.74, 6) is 0. The van der Waals surface area contributed by atoms with Gasteiger partial charge in [-0.2, -0.15) is 13.2 Å². The second-order valence-electron chi connectivity index (χ2n) is 7.00. The summed E-state index contributed by atoms with van der Waals surface area (Å²) in [6, 6.07) is 10.4. The molecule has 0 aromatic heterocycles. The number of benzene rings is 2. The van der Waals surface area contributed by atoms with Gasteiger partial charge >= 0.3 is 6.18 Å². The largest absolute Gasteiger partial charge is 0.417 e. The molecule has 3 rings (SSSR count). The minimum absolute atomic E-state index is 0.264. The molecule has 0 unspecified atom stereocenters. The van der Waals surface area contributed by atoms with Crippen molar-refractivity contribution in [3.63, 3.8) is 0 Å². The fraction of sp³-hybridized carbons (Fsp3) is 0.300. The molecule has 23 heavy (non-hydrogen) atoms. The maximum atomic E-state index is 13.8. The second kappa shape index (κ2) is 5.26. The smallest absolute Gasteiger partial charge is 0.166 e. The van der Waals surface area contributed by atoms with E-state index in [1.165, 1.54) is 0 Å². The van der Waals surface area contributed by atoms with Crippen LogP contribution in [0.1, 0.15) is 43.0 Å². The average Bonchev–Trinajstić information content (AvgIpc) is 2.92. The van der Waals surface area contributed by atoms with Gasteiger partial charge in [0.05, 0.1) is 5.56 Å². The van der Waals surface area contributed by atoms with Gasteiger partial charge in [0, 0.05) is 0 Å². The van der Waals surface area contributed by atoms with Crippen molar-refractivity contribution in [1.29, 1.82) is 0 Å². The van der Waals surface area contributed by atoms with Gasteiger partial charge in [-0.3, -0.25) is 0 Å². The standard InChI is InChI=1S/C20H19F3/c1-19(2,3)17-9-5-8-16(18(17)20(21,22)23)15-11-10-13-6-4-7-14(13)12-15/h4-6,8-12H,7H2,1-3H3. The third-order valence-electron chi connectivity index (χ3n) is 4.25. The van der Waals surface area contributed by atoms with Crippen molar-refractivity contribution in [1.82, 2.24) is 0 Å². The normalized spacial score (nSPS) is 14.2. The number of rotatable bonds is 1. The Morgan fingerprint density at radius 3 is 2.35 bits per heavy atom. The zero-order chi connectivity index (χ0) is 16.8. The van der Waals surface area contributed by atoms with E-state index in [1.54, 1.807) is 24.3 Å². The molecule has 0 saturated heterocycles. The number of allylic oxidation sites excluding steroid dienone is 1. The highest BCUT2D eigenvalue weighted by atomic mass is 19.4. The summed E-state index contributed by atoms with van der Waals surface area (Å²) in [6.07, 6.45) is 0.444. The number of fused-ring (bicyclic) bond motifs is 1. The van der Waals surface area contributed by atoms with Crippen LogP contribution < -0.4 is 0 Å². The van der Waals surface area contributed by atoms with Gasteiger partial charge < -0.3 is 0 Å². The number of alkyl halides is 3. The first-order valence-electron chi connectivity index (χ1n) is 7.68. The summed E-state index contributed by atoms with van der Waals surface area (Å²) in [6.45, 7) is 5.44. The third-order valence-corrected chi connectivity index (χ3v) is 4.25. The maximum absolute atomic E-state index is 13.8. The zero-order valence-corrected chi connectivity index (χ0v) is 13.5. The fourth-order valence-corrected chi connectivity index (χ4v) is 3.15. The van der Waals surface area contributed by atoms with Crippen LogP contribution in [0.2, 0.25) is 0 Å². The van der Waals surface area contributed by atoms with E-state index in [0.717, 1.165) is 17.5 Å². The zero-order valence-electron chi connectivity index (χ0n) is 13.5. The minimum Gasteiger partial charge on any atom is -0.166 e. The van der Waals surface area contributed by atoms with Crippen LogP contribution in [-0.2, 0) is 18.0 Å². The molecule has 0 nitrogen and oxygen atoms in total. The molecule has 3 heteroatoms. The van der Waals surface area contributed by atoms with E-state index in [-0.39, 0.29) is 5.56 Å². The predicted molar refractivity (Wildman–Crippen MR) is 88.3 cm³/mol. The first kappa shape index (κ1) is 15.9. The summed E-state index contributed by atoms with van der Waals surface area (Å²) in [5, 5.41) is 0. The molecule has 1 aliphatic carbocycles. The minimum atomic E-state index is -4.38. The fourth-order valence-electron chi connectivity index (χ4n) is 3.15. The number of halogens is 3. The Bertz CT molecular complexity index is 774. The van der Waals surface area contributed by atoms with E-state index in [1.807, 2.05) is 45.1 Å². The summed E-state index contributed by atoms with van der Waals surface area (Å²) < 4.78 is 41.4. The van der Waals surface area contributed by atoms with E-state index in [9.17, 15) is 13.2 Å². The molecule has 120 valence electrons. The van der Waals surface area contributed by atoms with Crippen LogP contribution in [0.15, 0.2) is 42.5 Å². The molecule has 0 fully saturated rings. The van der Waals surface area contributed by atoms with Crippen molar-refractivity contribution in [3.8, 4) is 11.1 Å². The van der Waals surface area contributed by atoms with Crippen LogP contribution in [0.25, 0.3) is 17.2 Å². The van der Waals surface area contributed by atoms with Gasteiger partial charge in [-0.25, -0.2) is 0 Å². The van der Waals surface area contributed by atoms with Crippen molar-refractivity contribution in [2.24, 2.45) is 0 Å². The quantitative estimate of drug-likeness (QED) is 0.584. The van der Waals surface area contributed by atoms with E-state index in [0.29, 0.717) is 11.1 Å². The molecule has 0 amide bonds. The van der Waals surface area contributed by atoms with Crippen LogP contribution in [-0.4, -0.2) is 0 Å². The van der Waals surface area contributed by atoms with Crippen molar-refractivity contribution >= 4 is 6.08 Å². The molecule has 0 bridgehead atoms. The molecular weight excluding hydrogens is 297 g/mol. The lowest BCUT2D eigenvalue weighted by Gasteiger charge is -2.26. The molecule has 0 aliphatic heterocycles. The lowest BCUT2D eigenvalue weighted by molar-refractivity contribution is -0.138. The van der Waals surface area contributed by atoms with Crippen molar-refractivity contribution in [2.45, 2.75) is 38.8 Å². The summed E-state index contributed by atoms with van der Waals surface area (Å²) in [4.78, 5) is 0. The highest BCUT2D eigenvalue weighted by Crippen LogP contribution is 2.43. The molecule has 0 atom stereocenters. The van der Waals surface area contributed by atoms with Gasteiger partial charge in [-0.15, -0.1) is 0 Å². The lowest BCUT2D eigenvalue weighted by Crippen LogP contribution is -2.20. The van der Waals surface area contributed by atoms with Crippen molar-refractivity contribution < 1.29 is 13.2 Å². The molecule has 1 aliphatic rings. The Kier molecular flexibility index (Phi) is 3.62. The third kappa shape index (κ3) is 2.92. The summed E-state index contributed by atoms with van der Waals surface area (Å²) >= 11 is 0. The van der Waals surface area contributed by atoms with Gasteiger partial charge in [0.2, 0.25) is 0 Å². The first-order chi connectivity index (χ1) is 10.7. The lowest BCUT2D eigenvalue weighted by atomic mass is 9.80. The molecule has 0 heterocycles. The Morgan fingerprint density at radius 2 is 1.70 bits per heavy atom. The van der Waals surface area contributed by atoms with Gasteiger partial charge in [-0.05, 0) is 39.7 Å². The Labute approximate surface area is 134 Å². The van der Waals surface area contributed by atoms with E-state index >= 15 is 0 Å². The SMILES string of the molecule is CC(C)(C)c1cccc(-c2ccc3c(c2)CC=C3)c1C(F)(F)F. The molecule has 2 aromatic rings. The van der Waals surface area contributed by atoms with Crippen LogP contribution in [0.5, 0.6) is 0 Å². The van der Waals surface area contributed by atoms with E-state index in [4.69, 9.17) is 0 Å². The summed E-state index contributed by atoms with van der Waals surface area (Å²) in [7, 11) is 0. The van der Waals surface area contributed by atoms with Gasteiger partial charge in [0.15, 0.2) is 0 Å². The van der Waals surface area contributed by atoms with Crippen LogP contribution in [0.4, 0.5) is 13.2 Å². The van der Waals surface area contributed by atoms with E-state index < -0.39 is 17.2 Å². The van der Waals surface area contributed by atoms with Gasteiger partial charge in [0.25, 0.3) is 0 Å². The number of hydrogen-bond donors (Lipinski definition) is 0. The molecule has 0 spiro atoms. The van der Waals surface area contributed by atoms with Crippen LogP contribution >= 0.6 is 0 Å². The maximum Gasteiger partial charge on any atom is 0.417 e. The molecule has 0 radical (unpaired) electrons. The topological polar surface area (TPSA) is 0 Å². The molecule has 0 N–H and O–H groups in total. The van der Waals surface area contributed by atoms with Crippen LogP contribution in [0, 0.1) is 0 Å². The van der Waals surface area contributed by atoms with Crippen molar-refractivity contribution in [3.05, 3.63) is 64.7 Å². The Balaban J connectivity index is 2.24. The average molecular weight is 316 g/mol.